The highest BCUT2D eigenvalue weighted by molar-refractivity contribution is 5.80. The lowest BCUT2D eigenvalue weighted by atomic mass is 10.1. The smallest absolute Gasteiger partial charge is 0.247 e. The minimum Gasteiger partial charge on any atom is -0.338 e. The van der Waals surface area contributed by atoms with E-state index in [-0.39, 0.29) is 11.9 Å². The van der Waals surface area contributed by atoms with Crippen molar-refractivity contribution >= 4 is 5.91 Å². The fraction of sp³-hybridized carbons (Fsp3) is 0.500. The van der Waals surface area contributed by atoms with E-state index in [9.17, 15) is 4.79 Å². The Kier molecular flexibility index (Phi) is 5.23. The number of carbonyl (C=O) groups excluding carboxylic acids is 1. The minimum atomic E-state index is -0.239. The molecule has 0 radical (unpaired) electrons. The van der Waals surface area contributed by atoms with Crippen LogP contribution in [0.1, 0.15) is 35.5 Å². The summed E-state index contributed by atoms with van der Waals surface area (Å²) < 4.78 is 1.84. The third-order valence-electron chi connectivity index (χ3n) is 5.11. The summed E-state index contributed by atoms with van der Waals surface area (Å²) in [5.74, 6) is 0.168. The van der Waals surface area contributed by atoms with Crippen molar-refractivity contribution in [1.82, 2.24) is 19.6 Å². The van der Waals surface area contributed by atoms with Crippen LogP contribution in [0.4, 0.5) is 0 Å². The van der Waals surface area contributed by atoms with E-state index in [0.29, 0.717) is 0 Å². The molecule has 0 aliphatic carbocycles. The highest BCUT2D eigenvalue weighted by Gasteiger charge is 2.27. The van der Waals surface area contributed by atoms with Crippen LogP contribution < -0.4 is 0 Å². The number of hydrogen-bond donors (Lipinski definition) is 0. The summed E-state index contributed by atoms with van der Waals surface area (Å²) in [7, 11) is 0. The third-order valence-corrected chi connectivity index (χ3v) is 5.11. The van der Waals surface area contributed by atoms with E-state index in [2.05, 4.69) is 41.2 Å². The molecule has 1 amide bonds. The number of nitrogens with zero attached hydrogens (tertiary/aromatic N) is 4. The molecule has 1 aromatic heterocycles. The molecule has 0 bridgehead atoms. The maximum Gasteiger partial charge on any atom is 0.247 e. The van der Waals surface area contributed by atoms with Crippen LogP contribution in [0.5, 0.6) is 0 Å². The fourth-order valence-corrected chi connectivity index (χ4v) is 3.56. The number of rotatable bonds is 4. The van der Waals surface area contributed by atoms with Gasteiger partial charge in [-0.1, -0.05) is 24.3 Å². The second kappa shape index (κ2) is 7.40. The fourth-order valence-electron chi connectivity index (χ4n) is 3.56. The van der Waals surface area contributed by atoms with Crippen molar-refractivity contribution in [3.05, 3.63) is 52.8 Å². The molecule has 2 aromatic rings. The van der Waals surface area contributed by atoms with Gasteiger partial charge < -0.3 is 4.90 Å². The Hall–Kier alpha value is -2.14. The second-order valence-corrected chi connectivity index (χ2v) is 7.08. The first-order valence-electron chi connectivity index (χ1n) is 9.04. The molecule has 1 fully saturated rings. The molecule has 3 rings (SSSR count). The molecule has 2 heterocycles. The van der Waals surface area contributed by atoms with E-state index in [1.807, 2.05) is 36.4 Å². The summed E-state index contributed by atoms with van der Waals surface area (Å²) in [4.78, 5) is 17.2. The third kappa shape index (κ3) is 3.93. The Labute approximate surface area is 150 Å². The van der Waals surface area contributed by atoms with Gasteiger partial charge in [-0.3, -0.25) is 14.4 Å². The van der Waals surface area contributed by atoms with Crippen LogP contribution in [0.2, 0.25) is 0 Å². The number of hydrogen-bond acceptors (Lipinski definition) is 3. The van der Waals surface area contributed by atoms with E-state index in [1.54, 1.807) is 0 Å². The lowest BCUT2D eigenvalue weighted by molar-refractivity contribution is -0.136. The quantitative estimate of drug-likeness (QED) is 0.859. The van der Waals surface area contributed by atoms with Crippen molar-refractivity contribution < 1.29 is 4.79 Å². The molecule has 1 saturated heterocycles. The van der Waals surface area contributed by atoms with E-state index in [1.165, 1.54) is 11.1 Å². The van der Waals surface area contributed by atoms with Gasteiger partial charge in [0.15, 0.2) is 0 Å². The van der Waals surface area contributed by atoms with Crippen molar-refractivity contribution in [1.29, 1.82) is 0 Å². The zero-order valence-corrected chi connectivity index (χ0v) is 15.7. The Balaban J connectivity index is 1.57. The molecule has 134 valence electrons. The Morgan fingerprint density at radius 2 is 1.80 bits per heavy atom. The van der Waals surface area contributed by atoms with Crippen LogP contribution in [0.3, 0.4) is 0 Å². The first kappa shape index (κ1) is 17.7. The molecule has 25 heavy (non-hydrogen) atoms. The normalized spacial score (nSPS) is 16.9. The van der Waals surface area contributed by atoms with Crippen LogP contribution in [-0.4, -0.2) is 51.7 Å². The number of aromatic nitrogens is 2. The van der Waals surface area contributed by atoms with Crippen molar-refractivity contribution in [3.63, 3.8) is 0 Å². The average Bonchev–Trinajstić information content (AvgIpc) is 2.94. The summed E-state index contributed by atoms with van der Waals surface area (Å²) in [5, 5.41) is 4.47. The monoisotopic (exact) mass is 340 g/mol. The largest absolute Gasteiger partial charge is 0.338 e. The van der Waals surface area contributed by atoms with Gasteiger partial charge in [0.25, 0.3) is 0 Å². The summed E-state index contributed by atoms with van der Waals surface area (Å²) in [6.07, 6.45) is 0. The highest BCUT2D eigenvalue weighted by atomic mass is 16.2. The molecular weight excluding hydrogens is 312 g/mol. The molecule has 0 spiro atoms. The van der Waals surface area contributed by atoms with E-state index >= 15 is 0 Å². The van der Waals surface area contributed by atoms with E-state index < -0.39 is 0 Å². The van der Waals surface area contributed by atoms with E-state index in [4.69, 9.17) is 0 Å². The molecule has 5 heteroatoms. The van der Waals surface area contributed by atoms with Gasteiger partial charge in [-0.2, -0.15) is 5.10 Å². The maximum atomic E-state index is 12.8. The first-order valence-corrected chi connectivity index (χ1v) is 9.04. The van der Waals surface area contributed by atoms with Gasteiger partial charge in [0.2, 0.25) is 5.91 Å². The lowest BCUT2D eigenvalue weighted by Crippen LogP contribution is -2.50. The van der Waals surface area contributed by atoms with Gasteiger partial charge in [0.05, 0.1) is 5.69 Å². The number of benzene rings is 1. The van der Waals surface area contributed by atoms with Crippen LogP contribution in [-0.2, 0) is 11.3 Å². The van der Waals surface area contributed by atoms with Crippen molar-refractivity contribution in [2.45, 2.75) is 40.3 Å². The van der Waals surface area contributed by atoms with Crippen LogP contribution in [0, 0.1) is 20.8 Å². The Morgan fingerprint density at radius 1 is 1.12 bits per heavy atom. The zero-order valence-electron chi connectivity index (χ0n) is 15.7. The van der Waals surface area contributed by atoms with Gasteiger partial charge in [0.1, 0.15) is 6.04 Å². The summed E-state index contributed by atoms with van der Waals surface area (Å²) >= 11 is 0. The summed E-state index contributed by atoms with van der Waals surface area (Å²) in [5.41, 5.74) is 4.70. The Morgan fingerprint density at radius 3 is 2.40 bits per heavy atom. The predicted octanol–water partition coefficient (Wildman–Crippen LogP) is 2.71. The highest BCUT2D eigenvalue weighted by Crippen LogP contribution is 2.17. The minimum absolute atomic E-state index is 0.168. The molecule has 1 aromatic carbocycles. The zero-order chi connectivity index (χ0) is 18.0. The topological polar surface area (TPSA) is 41.4 Å². The molecule has 5 nitrogen and oxygen atoms in total. The van der Waals surface area contributed by atoms with Gasteiger partial charge in [0, 0.05) is 38.4 Å². The number of carbonyl (C=O) groups is 1. The molecule has 0 unspecified atom stereocenters. The van der Waals surface area contributed by atoms with Crippen molar-refractivity contribution in [3.8, 4) is 0 Å². The molecule has 0 saturated carbocycles. The van der Waals surface area contributed by atoms with Crippen LogP contribution in [0.25, 0.3) is 0 Å². The van der Waals surface area contributed by atoms with Gasteiger partial charge in [-0.15, -0.1) is 0 Å². The standard InChI is InChI=1S/C20H28N4O/c1-15-7-5-6-8-19(15)14-22-9-11-23(12-10-22)20(25)18(4)24-17(3)13-16(2)21-24/h5-8,13,18H,9-12,14H2,1-4H3/t18-/m1/s1. The first-order chi connectivity index (χ1) is 12.0. The van der Waals surface area contributed by atoms with E-state index in [0.717, 1.165) is 44.1 Å². The molecular formula is C20H28N4O. The lowest BCUT2D eigenvalue weighted by Gasteiger charge is -2.36. The number of piperazine rings is 1. The average molecular weight is 340 g/mol. The Bertz CT molecular complexity index is 744. The molecule has 0 N–H and O–H groups in total. The van der Waals surface area contributed by atoms with Crippen molar-refractivity contribution in [2.75, 3.05) is 26.2 Å². The van der Waals surface area contributed by atoms with Crippen LogP contribution in [0.15, 0.2) is 30.3 Å². The predicted molar refractivity (Wildman–Crippen MR) is 99.4 cm³/mol. The van der Waals surface area contributed by atoms with Gasteiger partial charge in [-0.05, 0) is 44.9 Å². The SMILES string of the molecule is Cc1cc(C)n([C@H](C)C(=O)N2CCN(Cc3ccccc3C)CC2)n1. The van der Waals surface area contributed by atoms with Gasteiger partial charge >= 0.3 is 0 Å². The maximum absolute atomic E-state index is 12.8. The molecule has 1 atom stereocenters. The van der Waals surface area contributed by atoms with Crippen molar-refractivity contribution in [2.24, 2.45) is 0 Å². The summed E-state index contributed by atoms with van der Waals surface area (Å²) in [6.45, 7) is 12.4. The number of aryl methyl sites for hydroxylation is 3. The van der Waals surface area contributed by atoms with Gasteiger partial charge in [-0.25, -0.2) is 0 Å². The summed E-state index contributed by atoms with van der Waals surface area (Å²) in [6, 6.07) is 10.3. The molecule has 1 aliphatic heterocycles. The second-order valence-electron chi connectivity index (χ2n) is 7.08. The number of amides is 1. The molecule has 1 aliphatic rings. The van der Waals surface area contributed by atoms with Crippen LogP contribution >= 0.6 is 0 Å².